The van der Waals surface area contributed by atoms with Crippen LogP contribution in [0, 0.1) is 5.82 Å². The van der Waals surface area contributed by atoms with Crippen LogP contribution in [0.3, 0.4) is 0 Å². The molecule has 0 aliphatic heterocycles. The van der Waals surface area contributed by atoms with Crippen LogP contribution in [0.15, 0.2) is 48.5 Å². The van der Waals surface area contributed by atoms with Crippen LogP contribution in [0.25, 0.3) is 11.1 Å². The molecule has 0 radical (unpaired) electrons. The second-order valence-corrected chi connectivity index (χ2v) is 3.49. The Morgan fingerprint density at radius 3 is 2.13 bits per heavy atom. The second-order valence-electron chi connectivity index (χ2n) is 3.49. The SMILES string of the molecule is CCc1ccccc1-c1ccccc1F. The number of hydrogen-bond donors (Lipinski definition) is 0. The zero-order chi connectivity index (χ0) is 10.7. The largest absolute Gasteiger partial charge is 0.206 e. The third-order valence-electron chi connectivity index (χ3n) is 2.56. The summed E-state index contributed by atoms with van der Waals surface area (Å²) in [6, 6.07) is 14.9. The maximum absolute atomic E-state index is 13.6. The van der Waals surface area contributed by atoms with Gasteiger partial charge in [-0.3, -0.25) is 0 Å². The van der Waals surface area contributed by atoms with Gasteiger partial charge in [0.25, 0.3) is 0 Å². The maximum atomic E-state index is 13.6. The summed E-state index contributed by atoms with van der Waals surface area (Å²) in [5.74, 6) is -0.154. The Labute approximate surface area is 89.4 Å². The van der Waals surface area contributed by atoms with E-state index in [0.717, 1.165) is 12.0 Å². The van der Waals surface area contributed by atoms with Crippen LogP contribution in [-0.2, 0) is 6.42 Å². The molecule has 0 N–H and O–H groups in total. The lowest BCUT2D eigenvalue weighted by molar-refractivity contribution is 0.631. The molecule has 2 aromatic carbocycles. The van der Waals surface area contributed by atoms with Gasteiger partial charge < -0.3 is 0 Å². The van der Waals surface area contributed by atoms with Crippen LogP contribution >= 0.6 is 0 Å². The Kier molecular flexibility index (Phi) is 2.82. The van der Waals surface area contributed by atoms with Crippen molar-refractivity contribution < 1.29 is 4.39 Å². The van der Waals surface area contributed by atoms with Gasteiger partial charge in [0.15, 0.2) is 0 Å². The zero-order valence-electron chi connectivity index (χ0n) is 8.70. The Hall–Kier alpha value is -1.63. The third-order valence-corrected chi connectivity index (χ3v) is 2.56. The molecule has 0 aliphatic carbocycles. The highest BCUT2D eigenvalue weighted by Gasteiger charge is 2.06. The van der Waals surface area contributed by atoms with E-state index in [2.05, 4.69) is 6.92 Å². The lowest BCUT2D eigenvalue weighted by atomic mass is 9.98. The summed E-state index contributed by atoms with van der Waals surface area (Å²) in [6.45, 7) is 2.08. The normalized spacial score (nSPS) is 10.3. The average Bonchev–Trinajstić information content (AvgIpc) is 2.30. The minimum Gasteiger partial charge on any atom is -0.206 e. The van der Waals surface area contributed by atoms with Crippen molar-refractivity contribution in [2.24, 2.45) is 0 Å². The van der Waals surface area contributed by atoms with E-state index in [0.29, 0.717) is 5.56 Å². The first-order valence-electron chi connectivity index (χ1n) is 5.15. The molecule has 0 atom stereocenters. The van der Waals surface area contributed by atoms with Gasteiger partial charge in [-0.25, -0.2) is 4.39 Å². The summed E-state index contributed by atoms with van der Waals surface area (Å²) in [5, 5.41) is 0. The summed E-state index contributed by atoms with van der Waals surface area (Å²) in [5.41, 5.74) is 2.87. The van der Waals surface area contributed by atoms with Gasteiger partial charge in [0, 0.05) is 5.56 Å². The molecular weight excluding hydrogens is 187 g/mol. The zero-order valence-corrected chi connectivity index (χ0v) is 8.70. The Morgan fingerprint density at radius 1 is 0.867 bits per heavy atom. The molecule has 0 nitrogen and oxygen atoms in total. The molecule has 1 heteroatoms. The van der Waals surface area contributed by atoms with E-state index < -0.39 is 0 Å². The molecular formula is C14H13F. The molecule has 76 valence electrons. The van der Waals surface area contributed by atoms with E-state index >= 15 is 0 Å². The van der Waals surface area contributed by atoms with E-state index in [1.807, 2.05) is 36.4 Å². The molecule has 15 heavy (non-hydrogen) atoms. The summed E-state index contributed by atoms with van der Waals surface area (Å²) in [7, 11) is 0. The Bertz CT molecular complexity index is 460. The van der Waals surface area contributed by atoms with E-state index in [4.69, 9.17) is 0 Å². The van der Waals surface area contributed by atoms with Gasteiger partial charge in [-0.2, -0.15) is 0 Å². The molecule has 0 bridgehead atoms. The highest BCUT2D eigenvalue weighted by Crippen LogP contribution is 2.26. The lowest BCUT2D eigenvalue weighted by Crippen LogP contribution is -1.89. The van der Waals surface area contributed by atoms with E-state index in [1.54, 1.807) is 6.07 Å². The Balaban J connectivity index is 2.59. The highest BCUT2D eigenvalue weighted by molar-refractivity contribution is 5.67. The van der Waals surface area contributed by atoms with Gasteiger partial charge in [-0.05, 0) is 23.6 Å². The molecule has 0 unspecified atom stereocenters. The third kappa shape index (κ3) is 1.91. The average molecular weight is 200 g/mol. The van der Waals surface area contributed by atoms with Gasteiger partial charge in [0.2, 0.25) is 0 Å². The summed E-state index contributed by atoms with van der Waals surface area (Å²) in [4.78, 5) is 0. The van der Waals surface area contributed by atoms with Crippen molar-refractivity contribution in [2.75, 3.05) is 0 Å². The van der Waals surface area contributed by atoms with Crippen LogP contribution in [0.5, 0.6) is 0 Å². The molecule has 0 heterocycles. The summed E-state index contributed by atoms with van der Waals surface area (Å²) >= 11 is 0. The number of rotatable bonds is 2. The fourth-order valence-electron chi connectivity index (χ4n) is 1.77. The topological polar surface area (TPSA) is 0 Å². The lowest BCUT2D eigenvalue weighted by Gasteiger charge is -2.08. The van der Waals surface area contributed by atoms with Crippen molar-refractivity contribution in [1.82, 2.24) is 0 Å². The van der Waals surface area contributed by atoms with Crippen molar-refractivity contribution >= 4 is 0 Å². The number of aryl methyl sites for hydroxylation is 1. The van der Waals surface area contributed by atoms with Crippen LogP contribution in [0.1, 0.15) is 12.5 Å². The van der Waals surface area contributed by atoms with Crippen molar-refractivity contribution in [3.63, 3.8) is 0 Å². The smallest absolute Gasteiger partial charge is 0.131 e. The predicted octanol–water partition coefficient (Wildman–Crippen LogP) is 4.06. The fraction of sp³-hybridized carbons (Fsp3) is 0.143. The van der Waals surface area contributed by atoms with Gasteiger partial charge >= 0.3 is 0 Å². The standard InChI is InChI=1S/C14H13F/c1-2-11-7-3-4-8-12(11)13-9-5-6-10-14(13)15/h3-10H,2H2,1H3. The van der Waals surface area contributed by atoms with E-state index in [-0.39, 0.29) is 5.82 Å². The van der Waals surface area contributed by atoms with Crippen molar-refractivity contribution in [3.05, 3.63) is 59.9 Å². The van der Waals surface area contributed by atoms with Gasteiger partial charge in [0.1, 0.15) is 5.82 Å². The molecule has 0 saturated heterocycles. The van der Waals surface area contributed by atoms with Crippen molar-refractivity contribution in [2.45, 2.75) is 13.3 Å². The molecule has 0 aromatic heterocycles. The minimum atomic E-state index is -0.154. The van der Waals surface area contributed by atoms with Crippen LogP contribution < -0.4 is 0 Å². The van der Waals surface area contributed by atoms with Gasteiger partial charge in [-0.15, -0.1) is 0 Å². The molecule has 0 saturated carbocycles. The fourth-order valence-corrected chi connectivity index (χ4v) is 1.77. The molecule has 2 aromatic rings. The number of hydrogen-bond acceptors (Lipinski definition) is 0. The first-order valence-corrected chi connectivity index (χ1v) is 5.15. The quantitative estimate of drug-likeness (QED) is 0.686. The highest BCUT2D eigenvalue weighted by atomic mass is 19.1. The predicted molar refractivity (Wildman–Crippen MR) is 61.2 cm³/mol. The molecule has 0 spiro atoms. The minimum absolute atomic E-state index is 0.154. The van der Waals surface area contributed by atoms with Crippen LogP contribution in [-0.4, -0.2) is 0 Å². The first kappa shape index (κ1) is 9.91. The molecule has 0 fully saturated rings. The first-order chi connectivity index (χ1) is 7.33. The van der Waals surface area contributed by atoms with Crippen LogP contribution in [0.4, 0.5) is 4.39 Å². The van der Waals surface area contributed by atoms with Crippen LogP contribution in [0.2, 0.25) is 0 Å². The van der Waals surface area contributed by atoms with Crippen molar-refractivity contribution in [3.8, 4) is 11.1 Å². The molecule has 0 aliphatic rings. The summed E-state index contributed by atoms with van der Waals surface area (Å²) < 4.78 is 13.6. The Morgan fingerprint density at radius 2 is 1.47 bits per heavy atom. The maximum Gasteiger partial charge on any atom is 0.131 e. The molecule has 2 rings (SSSR count). The molecule has 0 amide bonds. The monoisotopic (exact) mass is 200 g/mol. The number of halogens is 1. The van der Waals surface area contributed by atoms with E-state index in [1.165, 1.54) is 11.6 Å². The van der Waals surface area contributed by atoms with Gasteiger partial charge in [-0.1, -0.05) is 49.4 Å². The summed E-state index contributed by atoms with van der Waals surface area (Å²) in [6.07, 6.45) is 0.921. The number of benzene rings is 2. The van der Waals surface area contributed by atoms with E-state index in [9.17, 15) is 4.39 Å². The van der Waals surface area contributed by atoms with Crippen molar-refractivity contribution in [1.29, 1.82) is 0 Å². The second kappa shape index (κ2) is 4.26. The van der Waals surface area contributed by atoms with Gasteiger partial charge in [0.05, 0.1) is 0 Å².